The van der Waals surface area contributed by atoms with E-state index in [1.54, 1.807) is 27.0 Å². The Kier molecular flexibility index (Phi) is 13.6. The molecule has 0 heterocycles. The highest BCUT2D eigenvalue weighted by molar-refractivity contribution is 6.99. The maximum Gasteiger partial charge on any atom is 0.330 e. The Morgan fingerprint density at radius 3 is 1.97 bits per heavy atom. The van der Waals surface area contributed by atoms with Gasteiger partial charge in [0.05, 0.1) is 24.9 Å². The van der Waals surface area contributed by atoms with Crippen molar-refractivity contribution in [1.29, 1.82) is 0 Å². The van der Waals surface area contributed by atoms with Crippen molar-refractivity contribution in [3.05, 3.63) is 97.1 Å². The summed E-state index contributed by atoms with van der Waals surface area (Å²) in [5, 5.41) is 11.6. The van der Waals surface area contributed by atoms with Crippen LogP contribution in [0.5, 0.6) is 0 Å². The third-order valence-electron chi connectivity index (χ3n) is 6.52. The highest BCUT2D eigenvalue weighted by atomic mass is 28.4. The number of benzene rings is 2. The Balaban J connectivity index is 2.50. The lowest BCUT2D eigenvalue weighted by Gasteiger charge is -2.44. The molecule has 2 aromatic rings. The molecule has 0 radical (unpaired) electrons. The number of allylic oxidation sites excluding steroid dienone is 1. The average molecular weight is 551 g/mol. The van der Waals surface area contributed by atoms with E-state index in [4.69, 9.17) is 13.9 Å². The second-order valence-electron chi connectivity index (χ2n) is 10.7. The predicted octanol–water partition coefficient (Wildman–Crippen LogP) is 5.73. The van der Waals surface area contributed by atoms with Crippen LogP contribution in [0.15, 0.2) is 97.1 Å². The first-order valence-electron chi connectivity index (χ1n) is 13.8. The Labute approximate surface area is 236 Å². The number of ether oxygens (including phenoxy) is 2. The number of carbonyl (C=O) groups is 1. The van der Waals surface area contributed by atoms with E-state index < -0.39 is 20.4 Å². The van der Waals surface area contributed by atoms with E-state index in [1.165, 1.54) is 6.08 Å². The van der Waals surface area contributed by atoms with E-state index in [9.17, 15) is 9.90 Å². The van der Waals surface area contributed by atoms with Crippen LogP contribution in [-0.4, -0.2) is 51.4 Å². The number of hydrogen-bond acceptors (Lipinski definition) is 5. The topological polar surface area (TPSA) is 65.0 Å². The second-order valence-corrected chi connectivity index (χ2v) is 14.9. The van der Waals surface area contributed by atoms with Crippen molar-refractivity contribution in [1.82, 2.24) is 0 Å². The van der Waals surface area contributed by atoms with Gasteiger partial charge < -0.3 is 19.0 Å². The van der Waals surface area contributed by atoms with Crippen LogP contribution in [-0.2, 0) is 18.7 Å². The third-order valence-corrected chi connectivity index (χ3v) is 11.6. The summed E-state index contributed by atoms with van der Waals surface area (Å²) in [7, 11) is -1.20. The average Bonchev–Trinajstić information content (AvgIpc) is 2.91. The monoisotopic (exact) mass is 550 g/mol. The third kappa shape index (κ3) is 10.0. The normalized spacial score (nSPS) is 15.2. The summed E-state index contributed by atoms with van der Waals surface area (Å²) in [6, 6.07) is 20.8. The van der Waals surface area contributed by atoms with E-state index in [-0.39, 0.29) is 17.2 Å². The predicted molar refractivity (Wildman–Crippen MR) is 163 cm³/mol. The minimum absolute atomic E-state index is 0.218. The van der Waals surface area contributed by atoms with Crippen molar-refractivity contribution in [2.24, 2.45) is 0 Å². The Morgan fingerprint density at radius 1 is 0.923 bits per heavy atom. The summed E-state index contributed by atoms with van der Waals surface area (Å²) < 4.78 is 18.0. The highest BCUT2D eigenvalue weighted by Gasteiger charge is 2.51. The SMILES string of the molecule is CCOC(=O)/C=C/[C@H](/C=C\[C@H](/C=C\CCC[C@H](C)O)OC)O[Si](c1ccccc1)(c1ccccc1)C(C)(C)C. The molecule has 1 N–H and O–H groups in total. The zero-order chi connectivity index (χ0) is 28.7. The van der Waals surface area contributed by atoms with Crippen molar-refractivity contribution in [3.63, 3.8) is 0 Å². The Bertz CT molecular complexity index is 1020. The van der Waals surface area contributed by atoms with Crippen molar-refractivity contribution >= 4 is 24.7 Å². The van der Waals surface area contributed by atoms with Crippen LogP contribution in [0.25, 0.3) is 0 Å². The lowest BCUT2D eigenvalue weighted by molar-refractivity contribution is -0.137. The fourth-order valence-electron chi connectivity index (χ4n) is 4.60. The summed E-state index contributed by atoms with van der Waals surface area (Å²) in [5.41, 5.74) is 0. The molecule has 0 unspecified atom stereocenters. The molecule has 39 heavy (non-hydrogen) atoms. The van der Waals surface area contributed by atoms with Gasteiger partial charge in [-0.1, -0.05) is 106 Å². The maximum atomic E-state index is 12.3. The Morgan fingerprint density at radius 2 is 1.49 bits per heavy atom. The molecular weight excluding hydrogens is 504 g/mol. The van der Waals surface area contributed by atoms with Gasteiger partial charge in [-0.05, 0) is 54.6 Å². The maximum absolute atomic E-state index is 12.3. The van der Waals surface area contributed by atoms with Crippen molar-refractivity contribution < 1.29 is 23.8 Å². The van der Waals surface area contributed by atoms with Crippen molar-refractivity contribution in [2.75, 3.05) is 13.7 Å². The number of methoxy groups -OCH3 is 1. The first kappa shape index (κ1) is 32.4. The summed E-state index contributed by atoms with van der Waals surface area (Å²) in [4.78, 5) is 12.3. The minimum Gasteiger partial charge on any atom is -0.463 e. The molecule has 0 amide bonds. The van der Waals surface area contributed by atoms with Crippen molar-refractivity contribution in [2.45, 2.75) is 77.2 Å². The second kappa shape index (κ2) is 16.4. The van der Waals surface area contributed by atoms with Crippen molar-refractivity contribution in [3.8, 4) is 0 Å². The number of hydrogen-bond donors (Lipinski definition) is 1. The van der Waals surface area contributed by atoms with Crippen LogP contribution < -0.4 is 10.4 Å². The molecule has 0 bridgehead atoms. The number of unbranched alkanes of at least 4 members (excludes halogenated alkanes) is 1. The molecule has 3 atom stereocenters. The Hall–Kier alpha value is -2.77. The van der Waals surface area contributed by atoms with Crippen LogP contribution in [0, 0.1) is 0 Å². The molecule has 0 spiro atoms. The van der Waals surface area contributed by atoms with E-state index >= 15 is 0 Å². The molecule has 2 rings (SSSR count). The first-order chi connectivity index (χ1) is 18.6. The van der Waals surface area contributed by atoms with Gasteiger partial charge in [0.15, 0.2) is 0 Å². The standard InChI is InChI=1S/C33H46O5Si/c1-7-37-32(35)26-25-29(24-23-28(36-6)18-12-8-11-17-27(2)34)38-39(33(3,4)5,30-19-13-9-14-20-30)31-21-15-10-16-22-31/h9-10,12-16,18-29,34H,7-8,11,17H2,1-6H3/b18-12-,24-23-,26-25+/t27-,28-,29-/m0/s1. The van der Waals surface area contributed by atoms with E-state index in [0.29, 0.717) is 6.61 Å². The molecule has 0 saturated heterocycles. The van der Waals surface area contributed by atoms with Crippen LogP contribution in [0.3, 0.4) is 0 Å². The zero-order valence-electron chi connectivity index (χ0n) is 24.4. The van der Waals surface area contributed by atoms with Gasteiger partial charge in [-0.25, -0.2) is 4.79 Å². The van der Waals surface area contributed by atoms with Gasteiger partial charge in [0.1, 0.15) is 0 Å². The van der Waals surface area contributed by atoms with E-state index in [0.717, 1.165) is 29.6 Å². The molecule has 5 nitrogen and oxygen atoms in total. The molecule has 0 saturated carbocycles. The first-order valence-corrected chi connectivity index (χ1v) is 15.7. The highest BCUT2D eigenvalue weighted by Crippen LogP contribution is 2.37. The number of aliphatic hydroxyl groups excluding tert-OH is 1. The fourth-order valence-corrected chi connectivity index (χ4v) is 9.18. The van der Waals surface area contributed by atoms with Gasteiger partial charge in [0.2, 0.25) is 0 Å². The lowest BCUT2D eigenvalue weighted by atomic mass is 10.1. The molecular formula is C33H46O5Si. The number of aliphatic hydroxyl groups is 1. The van der Waals surface area contributed by atoms with E-state index in [1.807, 2.05) is 30.4 Å². The quantitative estimate of drug-likeness (QED) is 0.101. The molecule has 0 aliphatic rings. The van der Waals surface area contributed by atoms with Gasteiger partial charge in [-0.15, -0.1) is 0 Å². The largest absolute Gasteiger partial charge is 0.463 e. The summed E-state index contributed by atoms with van der Waals surface area (Å²) in [6.45, 7) is 10.6. The molecule has 212 valence electrons. The molecule has 0 fully saturated rings. The molecule has 0 aromatic heterocycles. The van der Waals surface area contributed by atoms with Crippen LogP contribution >= 0.6 is 0 Å². The number of esters is 1. The van der Waals surface area contributed by atoms with Crippen LogP contribution in [0.4, 0.5) is 0 Å². The van der Waals surface area contributed by atoms with Gasteiger partial charge in [0.25, 0.3) is 8.32 Å². The van der Waals surface area contributed by atoms with Gasteiger partial charge in [0, 0.05) is 13.2 Å². The molecule has 2 aromatic carbocycles. The molecule has 6 heteroatoms. The number of carbonyl (C=O) groups excluding carboxylic acids is 1. The van der Waals surface area contributed by atoms with Gasteiger partial charge in [-0.3, -0.25) is 0 Å². The molecule has 0 aliphatic heterocycles. The number of rotatable bonds is 15. The fraction of sp³-hybridized carbons (Fsp3) is 0.424. The smallest absolute Gasteiger partial charge is 0.330 e. The van der Waals surface area contributed by atoms with Crippen LogP contribution in [0.1, 0.15) is 53.9 Å². The summed E-state index contributed by atoms with van der Waals surface area (Å²) >= 11 is 0. The summed E-state index contributed by atoms with van der Waals surface area (Å²) in [5.74, 6) is -0.400. The van der Waals surface area contributed by atoms with Gasteiger partial charge >= 0.3 is 5.97 Å². The van der Waals surface area contributed by atoms with Gasteiger partial charge in [-0.2, -0.15) is 0 Å². The van der Waals surface area contributed by atoms with E-state index in [2.05, 4.69) is 75.4 Å². The minimum atomic E-state index is -2.87. The lowest BCUT2D eigenvalue weighted by Crippen LogP contribution is -2.67. The zero-order valence-corrected chi connectivity index (χ0v) is 25.4. The molecule has 0 aliphatic carbocycles. The summed E-state index contributed by atoms with van der Waals surface area (Å²) in [6.07, 6.45) is 12.7. The van der Waals surface area contributed by atoms with Crippen LogP contribution in [0.2, 0.25) is 5.04 Å².